The van der Waals surface area contributed by atoms with Gasteiger partial charge in [0.15, 0.2) is 0 Å². The summed E-state index contributed by atoms with van der Waals surface area (Å²) in [6.07, 6.45) is 4.37. The van der Waals surface area contributed by atoms with Gasteiger partial charge in [0.1, 0.15) is 0 Å². The number of aromatic nitrogens is 1. The Kier molecular flexibility index (Phi) is 3.88. The van der Waals surface area contributed by atoms with E-state index in [9.17, 15) is 4.79 Å². The Balaban J connectivity index is 1.71. The Labute approximate surface area is 95.0 Å². The predicted octanol–water partition coefficient (Wildman–Crippen LogP) is 1.27. The Bertz CT molecular complexity index is 334. The topological polar surface area (TPSA) is 51.2 Å². The van der Waals surface area contributed by atoms with Crippen molar-refractivity contribution in [3.8, 4) is 0 Å². The second kappa shape index (κ2) is 5.61. The van der Waals surface area contributed by atoms with Gasteiger partial charge in [0, 0.05) is 12.8 Å². The molecule has 1 amide bonds. The molecule has 86 valence electrons. The van der Waals surface area contributed by atoms with Crippen LogP contribution in [0.4, 0.5) is 0 Å². The summed E-state index contributed by atoms with van der Waals surface area (Å²) in [7, 11) is 0. The van der Waals surface area contributed by atoms with Crippen molar-refractivity contribution in [1.82, 2.24) is 10.3 Å². The largest absolute Gasteiger partial charge is 0.378 e. The van der Waals surface area contributed by atoms with Crippen LogP contribution in [0.3, 0.4) is 0 Å². The second-order valence-electron chi connectivity index (χ2n) is 3.94. The van der Waals surface area contributed by atoms with Crippen LogP contribution in [0.5, 0.6) is 0 Å². The first-order chi connectivity index (χ1) is 7.84. The van der Waals surface area contributed by atoms with Gasteiger partial charge in [-0.05, 0) is 25.0 Å². The Morgan fingerprint density at radius 2 is 2.50 bits per heavy atom. The van der Waals surface area contributed by atoms with E-state index in [1.54, 1.807) is 6.20 Å². The molecule has 16 heavy (non-hydrogen) atoms. The lowest BCUT2D eigenvalue weighted by atomic mass is 10.2. The number of amides is 1. The van der Waals surface area contributed by atoms with Crippen molar-refractivity contribution < 1.29 is 9.53 Å². The van der Waals surface area contributed by atoms with Gasteiger partial charge in [-0.15, -0.1) is 0 Å². The molecule has 0 radical (unpaired) electrons. The lowest BCUT2D eigenvalue weighted by Gasteiger charge is -2.09. The fourth-order valence-electron chi connectivity index (χ4n) is 1.78. The third kappa shape index (κ3) is 3.31. The number of rotatable bonds is 4. The standard InChI is InChI=1S/C12H16N2O2/c15-12(8-11-5-3-7-16-11)14-9-10-4-1-2-6-13-10/h1-2,4,6,11H,3,5,7-9H2,(H,14,15). The fraction of sp³-hybridized carbons (Fsp3) is 0.500. The first kappa shape index (κ1) is 11.1. The van der Waals surface area contributed by atoms with Gasteiger partial charge in [-0.3, -0.25) is 9.78 Å². The second-order valence-corrected chi connectivity index (χ2v) is 3.94. The number of nitrogens with zero attached hydrogens (tertiary/aromatic N) is 1. The van der Waals surface area contributed by atoms with Crippen molar-refractivity contribution in [2.75, 3.05) is 6.61 Å². The van der Waals surface area contributed by atoms with Gasteiger partial charge in [0.25, 0.3) is 0 Å². The molecule has 1 aliphatic heterocycles. The summed E-state index contributed by atoms with van der Waals surface area (Å²) in [4.78, 5) is 15.7. The minimum Gasteiger partial charge on any atom is -0.378 e. The summed E-state index contributed by atoms with van der Waals surface area (Å²) in [6.45, 7) is 1.28. The van der Waals surface area contributed by atoms with Gasteiger partial charge >= 0.3 is 0 Å². The van der Waals surface area contributed by atoms with E-state index >= 15 is 0 Å². The van der Waals surface area contributed by atoms with Crippen LogP contribution in [0, 0.1) is 0 Å². The molecule has 0 bridgehead atoms. The molecule has 2 heterocycles. The van der Waals surface area contributed by atoms with Crippen LogP contribution in [0.2, 0.25) is 0 Å². The van der Waals surface area contributed by atoms with E-state index in [2.05, 4.69) is 10.3 Å². The molecule has 1 fully saturated rings. The van der Waals surface area contributed by atoms with Gasteiger partial charge in [-0.1, -0.05) is 6.07 Å². The molecule has 0 aliphatic carbocycles. The molecule has 4 nitrogen and oxygen atoms in total. The molecule has 0 spiro atoms. The van der Waals surface area contributed by atoms with Crippen LogP contribution in [0.25, 0.3) is 0 Å². The van der Waals surface area contributed by atoms with E-state index in [0.29, 0.717) is 13.0 Å². The fourth-order valence-corrected chi connectivity index (χ4v) is 1.78. The van der Waals surface area contributed by atoms with Crippen LogP contribution in [0.1, 0.15) is 25.0 Å². The highest BCUT2D eigenvalue weighted by molar-refractivity contribution is 5.76. The van der Waals surface area contributed by atoms with Crippen molar-refractivity contribution in [2.45, 2.75) is 31.9 Å². The molecule has 4 heteroatoms. The number of pyridine rings is 1. The molecule has 1 aliphatic rings. The summed E-state index contributed by atoms with van der Waals surface area (Å²) >= 11 is 0. The normalized spacial score (nSPS) is 19.6. The van der Waals surface area contributed by atoms with Crippen LogP contribution in [0.15, 0.2) is 24.4 Å². The number of hydrogen-bond donors (Lipinski definition) is 1. The van der Waals surface area contributed by atoms with E-state index in [1.165, 1.54) is 0 Å². The molecule has 1 saturated heterocycles. The average Bonchev–Trinajstić information content (AvgIpc) is 2.81. The lowest BCUT2D eigenvalue weighted by Crippen LogP contribution is -2.27. The first-order valence-electron chi connectivity index (χ1n) is 5.63. The number of hydrogen-bond acceptors (Lipinski definition) is 3. The number of carbonyl (C=O) groups is 1. The van der Waals surface area contributed by atoms with Gasteiger partial charge < -0.3 is 10.1 Å². The lowest BCUT2D eigenvalue weighted by molar-refractivity contribution is -0.123. The maximum absolute atomic E-state index is 11.6. The van der Waals surface area contributed by atoms with Gasteiger partial charge in [0.05, 0.1) is 24.8 Å². The highest BCUT2D eigenvalue weighted by atomic mass is 16.5. The van der Waals surface area contributed by atoms with E-state index in [-0.39, 0.29) is 12.0 Å². The van der Waals surface area contributed by atoms with Crippen LogP contribution in [-0.4, -0.2) is 23.6 Å². The molecule has 1 unspecified atom stereocenters. The summed E-state index contributed by atoms with van der Waals surface area (Å²) in [5.41, 5.74) is 0.878. The van der Waals surface area contributed by atoms with Crippen LogP contribution >= 0.6 is 0 Å². The summed E-state index contributed by atoms with van der Waals surface area (Å²) in [5, 5.41) is 2.84. The third-order valence-corrected chi connectivity index (χ3v) is 2.63. The number of carbonyl (C=O) groups excluding carboxylic acids is 1. The van der Waals surface area contributed by atoms with Gasteiger partial charge in [0.2, 0.25) is 5.91 Å². The maximum atomic E-state index is 11.6. The quantitative estimate of drug-likeness (QED) is 0.831. The zero-order valence-corrected chi connectivity index (χ0v) is 9.19. The highest BCUT2D eigenvalue weighted by Gasteiger charge is 2.18. The zero-order chi connectivity index (χ0) is 11.2. The van der Waals surface area contributed by atoms with Crippen LogP contribution < -0.4 is 5.32 Å². The molecule has 1 aromatic heterocycles. The monoisotopic (exact) mass is 220 g/mol. The minimum absolute atomic E-state index is 0.0394. The van der Waals surface area contributed by atoms with Gasteiger partial charge in [-0.25, -0.2) is 0 Å². The molecule has 0 saturated carbocycles. The predicted molar refractivity (Wildman–Crippen MR) is 59.7 cm³/mol. The summed E-state index contributed by atoms with van der Waals surface area (Å²) < 4.78 is 5.40. The molecule has 0 aromatic carbocycles. The number of ether oxygens (including phenoxy) is 1. The SMILES string of the molecule is O=C(CC1CCCO1)NCc1ccccn1. The van der Waals surface area contributed by atoms with Crippen molar-refractivity contribution in [3.05, 3.63) is 30.1 Å². The molecule has 1 aromatic rings. The number of nitrogens with one attached hydrogen (secondary N) is 1. The van der Waals surface area contributed by atoms with Crippen LogP contribution in [-0.2, 0) is 16.1 Å². The van der Waals surface area contributed by atoms with Crippen molar-refractivity contribution in [1.29, 1.82) is 0 Å². The summed E-state index contributed by atoms with van der Waals surface area (Å²) in [6, 6.07) is 5.67. The third-order valence-electron chi connectivity index (χ3n) is 2.63. The van der Waals surface area contributed by atoms with Gasteiger partial charge in [-0.2, -0.15) is 0 Å². The molecular formula is C12H16N2O2. The first-order valence-corrected chi connectivity index (χ1v) is 5.63. The molecule has 2 rings (SSSR count). The van der Waals surface area contributed by atoms with E-state index in [0.717, 1.165) is 25.1 Å². The molecular weight excluding hydrogens is 204 g/mol. The maximum Gasteiger partial charge on any atom is 0.222 e. The minimum atomic E-state index is 0.0394. The van der Waals surface area contributed by atoms with E-state index in [4.69, 9.17) is 4.74 Å². The zero-order valence-electron chi connectivity index (χ0n) is 9.19. The highest BCUT2D eigenvalue weighted by Crippen LogP contribution is 2.14. The Morgan fingerprint density at radius 3 is 3.19 bits per heavy atom. The molecule has 1 atom stereocenters. The van der Waals surface area contributed by atoms with Crippen molar-refractivity contribution >= 4 is 5.91 Å². The molecule has 1 N–H and O–H groups in total. The smallest absolute Gasteiger partial charge is 0.222 e. The van der Waals surface area contributed by atoms with Crippen molar-refractivity contribution in [2.24, 2.45) is 0 Å². The summed E-state index contributed by atoms with van der Waals surface area (Å²) in [5.74, 6) is 0.0394. The Morgan fingerprint density at radius 1 is 1.56 bits per heavy atom. The van der Waals surface area contributed by atoms with Crippen molar-refractivity contribution in [3.63, 3.8) is 0 Å². The van der Waals surface area contributed by atoms with E-state index < -0.39 is 0 Å². The average molecular weight is 220 g/mol. The Hall–Kier alpha value is -1.42. The van der Waals surface area contributed by atoms with E-state index in [1.807, 2.05) is 18.2 Å².